The highest BCUT2D eigenvalue weighted by molar-refractivity contribution is 6.33. The molecular weight excluding hydrogens is 250 g/mol. The Morgan fingerprint density at radius 3 is 2.00 bits per heavy atom. The number of para-hydroxylation sites is 1. The zero-order valence-electron chi connectivity index (χ0n) is 8.08. The molecule has 1 rings (SSSR count). The summed E-state index contributed by atoms with van der Waals surface area (Å²) < 4.78 is 66.4. The number of hydrogen-bond acceptors (Lipinski definition) is 3. The van der Waals surface area contributed by atoms with Gasteiger partial charge in [0.1, 0.15) is 5.75 Å². The first-order chi connectivity index (χ1) is 7.66. The van der Waals surface area contributed by atoms with Crippen molar-refractivity contribution in [3.63, 3.8) is 0 Å². The van der Waals surface area contributed by atoms with E-state index in [4.69, 9.17) is 10.0 Å². The minimum Gasteiger partial charge on any atom is -0.512 e. The summed E-state index contributed by atoms with van der Waals surface area (Å²) in [5.74, 6) is -6.09. The molecule has 0 spiro atoms. The summed E-state index contributed by atoms with van der Waals surface area (Å²) in [6, 6.07) is 3.33. The SMILES string of the molecule is OB(O)Oc1ccccc1C(F)(F)C(F)(F)F. The Morgan fingerprint density at radius 1 is 1.00 bits per heavy atom. The molecule has 0 heterocycles. The molecule has 0 bridgehead atoms. The summed E-state index contributed by atoms with van der Waals surface area (Å²) in [6.45, 7) is 0. The number of hydrogen-bond donors (Lipinski definition) is 2. The van der Waals surface area contributed by atoms with Crippen molar-refractivity contribution >= 4 is 7.32 Å². The molecule has 1 aromatic rings. The van der Waals surface area contributed by atoms with Gasteiger partial charge in [-0.2, -0.15) is 22.0 Å². The molecule has 0 amide bonds. The highest BCUT2D eigenvalue weighted by atomic mass is 19.4. The fraction of sp³-hybridized carbons (Fsp3) is 0.250. The Morgan fingerprint density at radius 2 is 1.53 bits per heavy atom. The molecule has 0 aliphatic heterocycles. The zero-order chi connectivity index (χ0) is 13.3. The lowest BCUT2D eigenvalue weighted by atomic mass is 10.1. The molecule has 94 valence electrons. The van der Waals surface area contributed by atoms with Crippen LogP contribution < -0.4 is 4.65 Å². The maximum Gasteiger partial charge on any atom is 0.707 e. The second-order valence-electron chi connectivity index (χ2n) is 3.01. The second kappa shape index (κ2) is 4.50. The van der Waals surface area contributed by atoms with Gasteiger partial charge in [0, 0.05) is 0 Å². The summed E-state index contributed by atoms with van der Waals surface area (Å²) in [4.78, 5) is 0. The van der Waals surface area contributed by atoms with E-state index >= 15 is 0 Å². The van der Waals surface area contributed by atoms with E-state index in [1.54, 1.807) is 0 Å². The van der Waals surface area contributed by atoms with Crippen LogP contribution in [0.4, 0.5) is 22.0 Å². The van der Waals surface area contributed by atoms with Crippen LogP contribution in [0.15, 0.2) is 24.3 Å². The summed E-state index contributed by atoms with van der Waals surface area (Å²) in [5.41, 5.74) is -1.49. The number of rotatable bonds is 3. The average Bonchev–Trinajstić information content (AvgIpc) is 2.15. The molecule has 0 radical (unpaired) electrons. The molecule has 0 saturated heterocycles. The lowest BCUT2D eigenvalue weighted by Gasteiger charge is -2.22. The third kappa shape index (κ3) is 2.86. The summed E-state index contributed by atoms with van der Waals surface area (Å²) in [7, 11) is -2.49. The fourth-order valence-electron chi connectivity index (χ4n) is 1.10. The molecule has 3 nitrogen and oxygen atoms in total. The van der Waals surface area contributed by atoms with Crippen LogP contribution in [-0.4, -0.2) is 23.5 Å². The first kappa shape index (κ1) is 13.7. The number of halogens is 5. The van der Waals surface area contributed by atoms with Gasteiger partial charge in [0.15, 0.2) is 0 Å². The quantitative estimate of drug-likeness (QED) is 0.639. The Bertz CT molecular complexity index is 393. The van der Waals surface area contributed by atoms with Gasteiger partial charge in [-0.3, -0.25) is 0 Å². The van der Waals surface area contributed by atoms with Crippen molar-refractivity contribution in [2.24, 2.45) is 0 Å². The van der Waals surface area contributed by atoms with Crippen molar-refractivity contribution < 1.29 is 36.7 Å². The average molecular weight is 256 g/mol. The largest absolute Gasteiger partial charge is 0.707 e. The standard InChI is InChI=1S/C8H6BF5O3/c10-7(11,8(12,13)14)5-3-1-2-4-6(5)17-9(15)16/h1-4,15-16H. The highest BCUT2D eigenvalue weighted by Crippen LogP contribution is 2.46. The Hall–Kier alpha value is -1.35. The van der Waals surface area contributed by atoms with E-state index in [1.807, 2.05) is 0 Å². The summed E-state index contributed by atoms with van der Waals surface area (Å²) in [5, 5.41) is 16.8. The van der Waals surface area contributed by atoms with E-state index in [1.165, 1.54) is 0 Å². The third-order valence-corrected chi connectivity index (χ3v) is 1.81. The normalized spacial score (nSPS) is 12.4. The van der Waals surface area contributed by atoms with E-state index in [0.29, 0.717) is 6.07 Å². The predicted octanol–water partition coefficient (Wildman–Crippen LogP) is 1.69. The molecule has 0 unspecified atom stereocenters. The van der Waals surface area contributed by atoms with Gasteiger partial charge in [0.05, 0.1) is 5.56 Å². The van der Waals surface area contributed by atoms with Crippen LogP contribution in [0.5, 0.6) is 5.75 Å². The van der Waals surface area contributed by atoms with Crippen LogP contribution in [-0.2, 0) is 5.92 Å². The minimum atomic E-state index is -5.80. The minimum absolute atomic E-state index is 0.491. The first-order valence-corrected chi connectivity index (χ1v) is 4.23. The monoisotopic (exact) mass is 256 g/mol. The van der Waals surface area contributed by atoms with Gasteiger partial charge < -0.3 is 14.7 Å². The van der Waals surface area contributed by atoms with E-state index < -0.39 is 30.7 Å². The van der Waals surface area contributed by atoms with Crippen LogP contribution in [0.2, 0.25) is 0 Å². The van der Waals surface area contributed by atoms with Crippen LogP contribution in [0.25, 0.3) is 0 Å². The lowest BCUT2D eigenvalue weighted by Crippen LogP contribution is -2.35. The Labute approximate surface area is 92.6 Å². The molecule has 0 aliphatic rings. The van der Waals surface area contributed by atoms with Gasteiger partial charge in [-0.05, 0) is 12.1 Å². The van der Waals surface area contributed by atoms with Gasteiger partial charge in [-0.15, -0.1) is 0 Å². The summed E-state index contributed by atoms with van der Waals surface area (Å²) >= 11 is 0. The molecule has 0 atom stereocenters. The van der Waals surface area contributed by atoms with Crippen LogP contribution >= 0.6 is 0 Å². The van der Waals surface area contributed by atoms with E-state index in [0.717, 1.165) is 18.2 Å². The van der Waals surface area contributed by atoms with Gasteiger partial charge in [-0.25, -0.2) is 0 Å². The van der Waals surface area contributed by atoms with Crippen molar-refractivity contribution in [2.45, 2.75) is 12.1 Å². The van der Waals surface area contributed by atoms with Crippen molar-refractivity contribution in [1.82, 2.24) is 0 Å². The zero-order valence-corrected chi connectivity index (χ0v) is 8.08. The van der Waals surface area contributed by atoms with Gasteiger partial charge in [0.2, 0.25) is 0 Å². The maximum atomic E-state index is 13.0. The molecular formula is C8H6BF5O3. The molecule has 1 aromatic carbocycles. The summed E-state index contributed by atoms with van der Waals surface area (Å²) in [6.07, 6.45) is -5.80. The number of benzene rings is 1. The van der Waals surface area contributed by atoms with Crippen LogP contribution in [0, 0.1) is 0 Å². The Balaban J connectivity index is 3.22. The molecule has 0 aliphatic carbocycles. The molecule has 0 fully saturated rings. The third-order valence-electron chi connectivity index (χ3n) is 1.81. The van der Waals surface area contributed by atoms with Gasteiger partial charge in [0.25, 0.3) is 0 Å². The van der Waals surface area contributed by atoms with Crippen LogP contribution in [0.1, 0.15) is 5.56 Å². The first-order valence-electron chi connectivity index (χ1n) is 4.23. The van der Waals surface area contributed by atoms with Crippen LogP contribution in [0.3, 0.4) is 0 Å². The van der Waals surface area contributed by atoms with Crippen molar-refractivity contribution in [1.29, 1.82) is 0 Å². The topological polar surface area (TPSA) is 49.7 Å². The number of alkyl halides is 5. The fourth-order valence-corrected chi connectivity index (χ4v) is 1.10. The van der Waals surface area contributed by atoms with E-state index in [-0.39, 0.29) is 0 Å². The second-order valence-corrected chi connectivity index (χ2v) is 3.01. The molecule has 9 heteroatoms. The molecule has 2 N–H and O–H groups in total. The molecule has 0 aromatic heterocycles. The molecule has 0 saturated carbocycles. The highest BCUT2D eigenvalue weighted by Gasteiger charge is 2.60. The predicted molar refractivity (Wildman–Crippen MR) is 47.2 cm³/mol. The van der Waals surface area contributed by atoms with Gasteiger partial charge in [-0.1, -0.05) is 12.1 Å². The Kier molecular flexibility index (Phi) is 3.63. The van der Waals surface area contributed by atoms with Crippen molar-refractivity contribution in [3.05, 3.63) is 29.8 Å². The lowest BCUT2D eigenvalue weighted by molar-refractivity contribution is -0.289. The van der Waals surface area contributed by atoms with Gasteiger partial charge >= 0.3 is 19.4 Å². The van der Waals surface area contributed by atoms with E-state index in [9.17, 15) is 22.0 Å². The van der Waals surface area contributed by atoms with Crippen molar-refractivity contribution in [3.8, 4) is 5.75 Å². The maximum absolute atomic E-state index is 13.0. The smallest absolute Gasteiger partial charge is 0.512 e. The van der Waals surface area contributed by atoms with E-state index in [2.05, 4.69) is 4.65 Å². The molecule has 17 heavy (non-hydrogen) atoms. The van der Waals surface area contributed by atoms with Crippen molar-refractivity contribution in [2.75, 3.05) is 0 Å².